The van der Waals surface area contributed by atoms with Gasteiger partial charge in [-0.3, -0.25) is 14.8 Å². The SMILES string of the molecule is Clc1nc(C2(N3CCC(CCN4CCOCC4)CC3)C=CC=N2)c2ncn(C3CCCC3)c2n1. The van der Waals surface area contributed by atoms with Crippen LogP contribution in [0, 0.1) is 5.92 Å². The number of aromatic nitrogens is 4. The third kappa shape index (κ3) is 4.19. The van der Waals surface area contributed by atoms with Crippen molar-refractivity contribution in [2.45, 2.75) is 56.7 Å². The Morgan fingerprint density at radius 3 is 2.56 bits per heavy atom. The number of hydrogen-bond acceptors (Lipinski definition) is 7. The number of likely N-dealkylation sites (tertiary alicyclic amines) is 1. The molecule has 2 aromatic rings. The lowest BCUT2D eigenvalue weighted by atomic mass is 9.90. The molecule has 1 unspecified atom stereocenters. The van der Waals surface area contributed by atoms with Crippen LogP contribution in [0.15, 0.2) is 23.5 Å². The van der Waals surface area contributed by atoms with Gasteiger partial charge < -0.3 is 9.30 Å². The summed E-state index contributed by atoms with van der Waals surface area (Å²) < 4.78 is 7.71. The molecule has 0 aromatic carbocycles. The van der Waals surface area contributed by atoms with Gasteiger partial charge in [-0.05, 0) is 68.3 Å². The number of rotatable bonds is 6. The molecule has 3 aliphatic heterocycles. The molecule has 2 saturated heterocycles. The summed E-state index contributed by atoms with van der Waals surface area (Å²) in [6.07, 6.45) is 16.5. The van der Waals surface area contributed by atoms with E-state index in [1.54, 1.807) is 0 Å². The lowest BCUT2D eigenvalue weighted by Crippen LogP contribution is -2.48. The van der Waals surface area contributed by atoms with Crippen LogP contribution in [0.4, 0.5) is 0 Å². The second-order valence-corrected chi connectivity index (χ2v) is 10.5. The van der Waals surface area contributed by atoms with Gasteiger partial charge in [0.15, 0.2) is 11.3 Å². The fraction of sp³-hybridized carbons (Fsp3) is 0.680. The maximum absolute atomic E-state index is 6.51. The average molecular weight is 484 g/mol. The third-order valence-corrected chi connectivity index (χ3v) is 8.37. The normalized spacial score (nSPS) is 27.4. The molecule has 3 fully saturated rings. The molecule has 2 aromatic heterocycles. The summed E-state index contributed by atoms with van der Waals surface area (Å²) in [4.78, 5) is 24.2. The summed E-state index contributed by atoms with van der Waals surface area (Å²) in [5, 5.41) is 0.275. The Kier molecular flexibility index (Phi) is 6.41. The van der Waals surface area contributed by atoms with E-state index >= 15 is 0 Å². The van der Waals surface area contributed by atoms with Gasteiger partial charge in [-0.15, -0.1) is 0 Å². The van der Waals surface area contributed by atoms with Crippen LogP contribution >= 0.6 is 11.6 Å². The van der Waals surface area contributed by atoms with Crippen molar-refractivity contribution < 1.29 is 4.74 Å². The smallest absolute Gasteiger partial charge is 0.224 e. The molecule has 5 heterocycles. The molecule has 9 heteroatoms. The number of halogens is 1. The van der Waals surface area contributed by atoms with Crippen LogP contribution in [0.25, 0.3) is 11.2 Å². The molecule has 34 heavy (non-hydrogen) atoms. The van der Waals surface area contributed by atoms with Gasteiger partial charge in [0.05, 0.1) is 19.5 Å². The van der Waals surface area contributed by atoms with Gasteiger partial charge in [0.2, 0.25) is 5.28 Å². The van der Waals surface area contributed by atoms with E-state index in [2.05, 4.69) is 25.4 Å². The van der Waals surface area contributed by atoms with E-state index in [9.17, 15) is 0 Å². The zero-order chi connectivity index (χ0) is 23.0. The van der Waals surface area contributed by atoms with Crippen molar-refractivity contribution in [3.8, 4) is 0 Å². The van der Waals surface area contributed by atoms with Crippen LogP contribution in [0.2, 0.25) is 5.28 Å². The van der Waals surface area contributed by atoms with Crippen LogP contribution in [-0.2, 0) is 10.4 Å². The first-order chi connectivity index (χ1) is 16.7. The molecule has 0 spiro atoms. The second kappa shape index (κ2) is 9.64. The van der Waals surface area contributed by atoms with E-state index in [-0.39, 0.29) is 5.28 Å². The first-order valence-corrected chi connectivity index (χ1v) is 13.3. The van der Waals surface area contributed by atoms with E-state index in [0.29, 0.717) is 6.04 Å². The number of allylic oxidation sites excluding steroid dienone is 1. The maximum Gasteiger partial charge on any atom is 0.224 e. The van der Waals surface area contributed by atoms with Gasteiger partial charge in [-0.1, -0.05) is 12.8 Å². The third-order valence-electron chi connectivity index (χ3n) is 8.20. The Bertz CT molecular complexity index is 1050. The molecule has 182 valence electrons. The van der Waals surface area contributed by atoms with Crippen molar-refractivity contribution in [3.05, 3.63) is 29.5 Å². The van der Waals surface area contributed by atoms with E-state index in [1.807, 2.05) is 18.6 Å². The highest BCUT2D eigenvalue weighted by Crippen LogP contribution is 2.40. The molecule has 8 nitrogen and oxygen atoms in total. The quantitative estimate of drug-likeness (QED) is 0.581. The summed E-state index contributed by atoms with van der Waals surface area (Å²) in [7, 11) is 0. The summed E-state index contributed by atoms with van der Waals surface area (Å²) in [6, 6.07) is 0.449. The number of piperidine rings is 1. The Balaban J connectivity index is 1.23. The first kappa shape index (κ1) is 22.6. The molecule has 1 aliphatic carbocycles. The first-order valence-electron chi connectivity index (χ1n) is 12.9. The van der Waals surface area contributed by atoms with Crippen molar-refractivity contribution in [2.24, 2.45) is 10.9 Å². The standard InChI is InChI=1S/C25H34ClN7O/c26-24-29-22(21-23(30-24)33(18-27-21)20-4-1-2-5-20)25(9-3-10-28-25)32-12-7-19(8-13-32)6-11-31-14-16-34-17-15-31/h3,9-10,18-20H,1-2,4-8,11-17H2. The number of ether oxygens (including phenoxy) is 1. The molecule has 1 saturated carbocycles. The zero-order valence-electron chi connectivity index (χ0n) is 19.8. The minimum atomic E-state index is -0.644. The second-order valence-electron chi connectivity index (χ2n) is 10.1. The summed E-state index contributed by atoms with van der Waals surface area (Å²) in [5.41, 5.74) is 1.84. The van der Waals surface area contributed by atoms with Gasteiger partial charge in [-0.25, -0.2) is 9.97 Å². The van der Waals surface area contributed by atoms with Crippen LogP contribution in [0.3, 0.4) is 0 Å². The van der Waals surface area contributed by atoms with Gasteiger partial charge in [0.1, 0.15) is 11.2 Å². The van der Waals surface area contributed by atoms with Crippen LogP contribution < -0.4 is 0 Å². The number of hydrogen-bond donors (Lipinski definition) is 0. The van der Waals surface area contributed by atoms with Crippen LogP contribution in [0.1, 0.15) is 56.7 Å². The number of fused-ring (bicyclic) bond motifs is 1. The highest BCUT2D eigenvalue weighted by molar-refractivity contribution is 6.28. The molecule has 4 aliphatic rings. The van der Waals surface area contributed by atoms with Gasteiger partial charge in [-0.2, -0.15) is 4.98 Å². The van der Waals surface area contributed by atoms with E-state index in [0.717, 1.165) is 62.2 Å². The fourth-order valence-corrected chi connectivity index (χ4v) is 6.37. The lowest BCUT2D eigenvalue weighted by Gasteiger charge is -2.42. The average Bonchev–Trinajstić information content (AvgIpc) is 3.64. The van der Waals surface area contributed by atoms with Crippen molar-refractivity contribution in [1.82, 2.24) is 29.3 Å². The van der Waals surface area contributed by atoms with E-state index in [4.69, 9.17) is 31.3 Å². The van der Waals surface area contributed by atoms with E-state index in [1.165, 1.54) is 51.5 Å². The molecular formula is C25H34ClN7O. The highest BCUT2D eigenvalue weighted by atomic mass is 35.5. The Morgan fingerprint density at radius 2 is 1.82 bits per heavy atom. The molecule has 0 amide bonds. The zero-order valence-corrected chi connectivity index (χ0v) is 20.5. The summed E-state index contributed by atoms with van der Waals surface area (Å²) in [5.74, 6) is 0.751. The number of morpholine rings is 1. The van der Waals surface area contributed by atoms with Gasteiger partial charge in [0.25, 0.3) is 0 Å². The number of aliphatic imine (C=N–C) groups is 1. The predicted octanol–water partition coefficient (Wildman–Crippen LogP) is 3.82. The van der Waals surface area contributed by atoms with Gasteiger partial charge in [0, 0.05) is 38.4 Å². The van der Waals surface area contributed by atoms with Gasteiger partial charge >= 0.3 is 0 Å². The summed E-state index contributed by atoms with van der Waals surface area (Å²) >= 11 is 6.51. The molecule has 0 bridgehead atoms. The van der Waals surface area contributed by atoms with Crippen molar-refractivity contribution in [3.63, 3.8) is 0 Å². The molecule has 0 N–H and O–H groups in total. The van der Waals surface area contributed by atoms with E-state index < -0.39 is 5.66 Å². The highest BCUT2D eigenvalue weighted by Gasteiger charge is 2.43. The van der Waals surface area contributed by atoms with Crippen LogP contribution in [-0.4, -0.2) is 81.5 Å². The number of imidazole rings is 1. The Morgan fingerprint density at radius 1 is 1.03 bits per heavy atom. The van der Waals surface area contributed by atoms with Crippen molar-refractivity contribution in [1.29, 1.82) is 0 Å². The Hall–Kier alpha value is -1.87. The molecule has 1 atom stereocenters. The van der Waals surface area contributed by atoms with Crippen molar-refractivity contribution >= 4 is 29.0 Å². The molecule has 6 rings (SSSR count). The predicted molar refractivity (Wildman–Crippen MR) is 133 cm³/mol. The minimum absolute atomic E-state index is 0.275. The maximum atomic E-state index is 6.51. The molecular weight excluding hydrogens is 450 g/mol. The largest absolute Gasteiger partial charge is 0.379 e. The fourth-order valence-electron chi connectivity index (χ4n) is 6.20. The topological polar surface area (TPSA) is 71.7 Å². The van der Waals surface area contributed by atoms with Crippen LogP contribution in [0.5, 0.6) is 0 Å². The minimum Gasteiger partial charge on any atom is -0.379 e. The monoisotopic (exact) mass is 483 g/mol. The van der Waals surface area contributed by atoms with Crippen molar-refractivity contribution in [2.75, 3.05) is 45.9 Å². The number of nitrogens with zero attached hydrogens (tertiary/aromatic N) is 7. The summed E-state index contributed by atoms with van der Waals surface area (Å²) in [6.45, 7) is 7.04. The molecule has 0 radical (unpaired) electrons. The lowest BCUT2D eigenvalue weighted by molar-refractivity contribution is 0.0309. The Labute approximate surface area is 206 Å².